The van der Waals surface area contributed by atoms with Crippen molar-refractivity contribution in [3.05, 3.63) is 47.4 Å². The second kappa shape index (κ2) is 9.56. The highest BCUT2D eigenvalue weighted by atomic mass is 127. The first-order valence-electron chi connectivity index (χ1n) is 8.54. The largest absolute Gasteiger partial charge is 0.444 e. The van der Waals surface area contributed by atoms with Crippen molar-refractivity contribution >= 4 is 41.0 Å². The highest BCUT2D eigenvalue weighted by Gasteiger charge is 2.06. The fourth-order valence-corrected chi connectivity index (χ4v) is 2.52. The zero-order valence-electron chi connectivity index (χ0n) is 15.3. The average Bonchev–Trinajstić information content (AvgIpc) is 3.15. The molecular formula is C18H25IN6O. The van der Waals surface area contributed by atoms with E-state index >= 15 is 0 Å². The van der Waals surface area contributed by atoms with Gasteiger partial charge in [-0.15, -0.1) is 24.0 Å². The summed E-state index contributed by atoms with van der Waals surface area (Å²) >= 11 is 0. The summed E-state index contributed by atoms with van der Waals surface area (Å²) in [7, 11) is 0. The van der Waals surface area contributed by atoms with Gasteiger partial charge in [0.15, 0.2) is 5.96 Å². The number of aromatic nitrogens is 3. The Balaban J connectivity index is 0.00000243. The molecule has 26 heavy (non-hydrogen) atoms. The van der Waals surface area contributed by atoms with Gasteiger partial charge < -0.3 is 20.0 Å². The van der Waals surface area contributed by atoms with Gasteiger partial charge in [-0.05, 0) is 32.9 Å². The predicted octanol–water partition coefficient (Wildman–Crippen LogP) is 3.08. The molecule has 0 unspecified atom stereocenters. The molecule has 0 amide bonds. The maximum absolute atomic E-state index is 5.56. The van der Waals surface area contributed by atoms with Gasteiger partial charge in [-0.25, -0.2) is 15.0 Å². The normalized spacial score (nSPS) is 11.4. The molecule has 2 heterocycles. The Kier molecular flexibility index (Phi) is 7.43. The van der Waals surface area contributed by atoms with Crippen LogP contribution in [-0.4, -0.2) is 34.0 Å². The molecule has 0 bridgehead atoms. The van der Waals surface area contributed by atoms with Crippen LogP contribution in [0.4, 0.5) is 0 Å². The van der Waals surface area contributed by atoms with E-state index in [0.29, 0.717) is 12.4 Å². The minimum absolute atomic E-state index is 0. The van der Waals surface area contributed by atoms with Gasteiger partial charge in [-0.1, -0.05) is 12.1 Å². The first-order chi connectivity index (χ1) is 12.2. The summed E-state index contributed by atoms with van der Waals surface area (Å²) in [5.74, 6) is 3.17. The second-order valence-corrected chi connectivity index (χ2v) is 5.82. The number of guanidine groups is 1. The minimum atomic E-state index is 0. The van der Waals surface area contributed by atoms with Crippen molar-refractivity contribution in [2.45, 2.75) is 33.7 Å². The second-order valence-electron chi connectivity index (χ2n) is 5.82. The summed E-state index contributed by atoms with van der Waals surface area (Å²) < 4.78 is 5.56. The Hall–Kier alpha value is -2.10. The summed E-state index contributed by atoms with van der Waals surface area (Å²) in [6, 6.07) is 8.04. The standard InChI is InChI=1S/C18H24N6O.HI/c1-4-19-18(21-11-17-22-12(2)13(3)25-17)20-10-9-16-23-14-7-5-6-8-15(14)24-16;/h5-8H,4,9-11H2,1-3H3,(H,23,24)(H2,19,20,21);1H. The molecule has 0 aliphatic carbocycles. The maximum Gasteiger partial charge on any atom is 0.216 e. The third-order valence-electron chi connectivity index (χ3n) is 3.88. The van der Waals surface area contributed by atoms with Crippen molar-refractivity contribution in [2.75, 3.05) is 13.1 Å². The molecule has 3 N–H and O–H groups in total. The van der Waals surface area contributed by atoms with Crippen LogP contribution >= 0.6 is 24.0 Å². The van der Waals surface area contributed by atoms with Crippen LogP contribution in [0.3, 0.4) is 0 Å². The number of H-pyrrole nitrogens is 1. The topological polar surface area (TPSA) is 91.1 Å². The number of nitrogens with one attached hydrogen (secondary N) is 3. The third kappa shape index (κ3) is 5.20. The van der Waals surface area contributed by atoms with Crippen LogP contribution in [0.15, 0.2) is 33.7 Å². The van der Waals surface area contributed by atoms with E-state index in [9.17, 15) is 0 Å². The van der Waals surface area contributed by atoms with Gasteiger partial charge in [0.05, 0.1) is 16.7 Å². The molecule has 3 rings (SSSR count). The van der Waals surface area contributed by atoms with Crippen molar-refractivity contribution in [2.24, 2.45) is 4.99 Å². The predicted molar refractivity (Wildman–Crippen MR) is 114 cm³/mol. The van der Waals surface area contributed by atoms with Crippen LogP contribution in [0.2, 0.25) is 0 Å². The fourth-order valence-electron chi connectivity index (χ4n) is 2.52. The summed E-state index contributed by atoms with van der Waals surface area (Å²) in [5.41, 5.74) is 2.97. The number of hydrogen-bond donors (Lipinski definition) is 3. The Labute approximate surface area is 170 Å². The Bertz CT molecular complexity index is 817. The van der Waals surface area contributed by atoms with Gasteiger partial charge >= 0.3 is 0 Å². The molecule has 7 nitrogen and oxygen atoms in total. The molecule has 0 radical (unpaired) electrons. The number of nitrogens with zero attached hydrogens (tertiary/aromatic N) is 3. The number of para-hydroxylation sites is 2. The number of imidazole rings is 1. The SMILES string of the molecule is CCNC(=NCc1nc(C)c(C)o1)NCCc1nc2ccccc2[nH]1.I. The van der Waals surface area contributed by atoms with E-state index in [1.807, 2.05) is 45.0 Å². The van der Waals surface area contributed by atoms with E-state index < -0.39 is 0 Å². The molecule has 2 aromatic heterocycles. The molecule has 0 spiro atoms. The number of aliphatic imine (C=N–C) groups is 1. The molecule has 0 atom stereocenters. The van der Waals surface area contributed by atoms with Crippen molar-refractivity contribution in [3.8, 4) is 0 Å². The molecule has 3 aromatic rings. The van der Waals surface area contributed by atoms with E-state index in [0.717, 1.165) is 53.8 Å². The smallest absolute Gasteiger partial charge is 0.216 e. The van der Waals surface area contributed by atoms with Gasteiger partial charge in [-0.2, -0.15) is 0 Å². The highest BCUT2D eigenvalue weighted by Crippen LogP contribution is 2.10. The number of aryl methyl sites for hydroxylation is 2. The van der Waals surface area contributed by atoms with Crippen LogP contribution in [0, 0.1) is 13.8 Å². The van der Waals surface area contributed by atoms with Crippen LogP contribution in [0.1, 0.15) is 30.1 Å². The number of fused-ring (bicyclic) bond motifs is 1. The monoisotopic (exact) mass is 468 g/mol. The first-order valence-corrected chi connectivity index (χ1v) is 8.54. The zero-order valence-corrected chi connectivity index (χ0v) is 17.6. The van der Waals surface area contributed by atoms with Gasteiger partial charge in [0.25, 0.3) is 0 Å². The molecule has 140 valence electrons. The molecular weight excluding hydrogens is 443 g/mol. The summed E-state index contributed by atoms with van der Waals surface area (Å²) in [5, 5.41) is 6.54. The maximum atomic E-state index is 5.56. The van der Waals surface area contributed by atoms with E-state index in [1.54, 1.807) is 0 Å². The van der Waals surface area contributed by atoms with Crippen molar-refractivity contribution in [1.29, 1.82) is 0 Å². The lowest BCUT2D eigenvalue weighted by molar-refractivity contribution is 0.473. The molecule has 0 aliphatic heterocycles. The quantitative estimate of drug-likeness (QED) is 0.294. The number of rotatable bonds is 6. The van der Waals surface area contributed by atoms with Crippen molar-refractivity contribution in [3.63, 3.8) is 0 Å². The van der Waals surface area contributed by atoms with Gasteiger partial charge in [0.2, 0.25) is 5.89 Å². The zero-order chi connectivity index (χ0) is 17.6. The molecule has 0 aliphatic rings. The van der Waals surface area contributed by atoms with E-state index in [4.69, 9.17) is 4.42 Å². The fraction of sp³-hybridized carbons (Fsp3) is 0.389. The van der Waals surface area contributed by atoms with Crippen LogP contribution in [-0.2, 0) is 13.0 Å². The lowest BCUT2D eigenvalue weighted by Gasteiger charge is -2.10. The van der Waals surface area contributed by atoms with Gasteiger partial charge in [-0.3, -0.25) is 0 Å². The Morgan fingerprint density at radius 3 is 2.69 bits per heavy atom. The lowest BCUT2D eigenvalue weighted by atomic mass is 10.3. The van der Waals surface area contributed by atoms with E-state index in [2.05, 4.69) is 30.6 Å². The van der Waals surface area contributed by atoms with Crippen LogP contribution in [0.5, 0.6) is 0 Å². The summed E-state index contributed by atoms with van der Waals surface area (Å²) in [6.07, 6.45) is 0.788. The van der Waals surface area contributed by atoms with Crippen molar-refractivity contribution < 1.29 is 4.42 Å². The number of aromatic amines is 1. The average molecular weight is 468 g/mol. The van der Waals surface area contributed by atoms with Crippen molar-refractivity contribution in [1.82, 2.24) is 25.6 Å². The van der Waals surface area contributed by atoms with Gasteiger partial charge in [0.1, 0.15) is 18.1 Å². The number of halogens is 1. The third-order valence-corrected chi connectivity index (χ3v) is 3.88. The van der Waals surface area contributed by atoms with Crippen LogP contribution < -0.4 is 10.6 Å². The Morgan fingerprint density at radius 2 is 2.00 bits per heavy atom. The first kappa shape index (κ1) is 20.2. The number of oxazole rings is 1. The van der Waals surface area contributed by atoms with Crippen LogP contribution in [0.25, 0.3) is 11.0 Å². The summed E-state index contributed by atoms with van der Waals surface area (Å²) in [6.45, 7) is 7.81. The summed E-state index contributed by atoms with van der Waals surface area (Å²) in [4.78, 5) is 16.8. The minimum Gasteiger partial charge on any atom is -0.444 e. The molecule has 0 fully saturated rings. The number of hydrogen-bond acceptors (Lipinski definition) is 4. The molecule has 1 aromatic carbocycles. The highest BCUT2D eigenvalue weighted by molar-refractivity contribution is 14.0. The molecule has 0 saturated carbocycles. The number of benzene rings is 1. The van der Waals surface area contributed by atoms with E-state index in [1.165, 1.54) is 0 Å². The lowest BCUT2D eigenvalue weighted by Crippen LogP contribution is -2.38. The Morgan fingerprint density at radius 1 is 1.19 bits per heavy atom. The molecule has 8 heteroatoms. The van der Waals surface area contributed by atoms with E-state index in [-0.39, 0.29) is 24.0 Å². The molecule has 0 saturated heterocycles. The van der Waals surface area contributed by atoms with Gasteiger partial charge in [0, 0.05) is 19.5 Å².